The summed E-state index contributed by atoms with van der Waals surface area (Å²) in [4.78, 5) is 0. The van der Waals surface area contributed by atoms with E-state index in [1.165, 1.54) is 0 Å². The lowest BCUT2D eigenvalue weighted by Gasteiger charge is -2.15. The van der Waals surface area contributed by atoms with Crippen LogP contribution in [0.2, 0.25) is 0 Å². The van der Waals surface area contributed by atoms with E-state index < -0.39 is 0 Å². The molecule has 0 amide bonds. The maximum Gasteiger partial charge on any atom is 0.161 e. The van der Waals surface area contributed by atoms with Crippen LogP contribution in [0.15, 0.2) is 48.5 Å². The molecule has 0 spiro atoms. The molecule has 2 aromatic rings. The molecule has 0 radical (unpaired) electrons. The van der Waals surface area contributed by atoms with Crippen LogP contribution in [0.3, 0.4) is 0 Å². The molecule has 1 atom stereocenters. The monoisotopic (exact) mass is 257 g/mol. The number of aromatic hydroxyl groups is 1. The van der Waals surface area contributed by atoms with Crippen molar-refractivity contribution in [3.8, 4) is 11.5 Å². The Kier molecular flexibility index (Phi) is 4.42. The van der Waals surface area contributed by atoms with Crippen LogP contribution in [-0.4, -0.2) is 11.7 Å². The summed E-state index contributed by atoms with van der Waals surface area (Å²) >= 11 is 0. The van der Waals surface area contributed by atoms with E-state index in [1.54, 1.807) is 6.07 Å². The number of hydrogen-bond acceptors (Lipinski definition) is 3. The summed E-state index contributed by atoms with van der Waals surface area (Å²) in [6.07, 6.45) is 0.580. The van der Waals surface area contributed by atoms with Crippen molar-refractivity contribution < 1.29 is 9.84 Å². The SMILES string of the molecule is CCOc1cccc(CC(N)c2ccccc2)c1O. The molecule has 0 fully saturated rings. The van der Waals surface area contributed by atoms with Gasteiger partial charge in [0.1, 0.15) is 0 Å². The summed E-state index contributed by atoms with van der Waals surface area (Å²) in [6.45, 7) is 2.42. The van der Waals surface area contributed by atoms with Gasteiger partial charge in [-0.15, -0.1) is 0 Å². The minimum atomic E-state index is -0.135. The second-order valence-electron chi connectivity index (χ2n) is 4.42. The van der Waals surface area contributed by atoms with Crippen LogP contribution in [0.4, 0.5) is 0 Å². The van der Waals surface area contributed by atoms with Gasteiger partial charge in [-0.3, -0.25) is 0 Å². The molecule has 0 saturated heterocycles. The topological polar surface area (TPSA) is 55.5 Å². The van der Waals surface area contributed by atoms with Crippen LogP contribution >= 0.6 is 0 Å². The van der Waals surface area contributed by atoms with Gasteiger partial charge in [-0.1, -0.05) is 42.5 Å². The number of ether oxygens (including phenoxy) is 1. The molecule has 0 aliphatic heterocycles. The molecule has 2 aromatic carbocycles. The van der Waals surface area contributed by atoms with Crippen molar-refractivity contribution in [2.24, 2.45) is 5.73 Å². The molecule has 2 rings (SSSR count). The fourth-order valence-corrected chi connectivity index (χ4v) is 2.06. The summed E-state index contributed by atoms with van der Waals surface area (Å²) in [7, 11) is 0. The zero-order valence-electron chi connectivity index (χ0n) is 11.0. The van der Waals surface area contributed by atoms with Gasteiger partial charge in [0.2, 0.25) is 0 Å². The standard InChI is InChI=1S/C16H19NO2/c1-2-19-15-10-6-9-13(16(15)18)11-14(17)12-7-4-3-5-8-12/h3-10,14,18H,2,11,17H2,1H3. The first-order valence-corrected chi connectivity index (χ1v) is 6.46. The Bertz CT molecular complexity index is 526. The Morgan fingerprint density at radius 2 is 1.84 bits per heavy atom. The fourth-order valence-electron chi connectivity index (χ4n) is 2.06. The van der Waals surface area contributed by atoms with Crippen molar-refractivity contribution >= 4 is 0 Å². The zero-order chi connectivity index (χ0) is 13.7. The Labute approximate surface area is 113 Å². The second-order valence-corrected chi connectivity index (χ2v) is 4.42. The minimum Gasteiger partial charge on any atom is -0.504 e. The van der Waals surface area contributed by atoms with Gasteiger partial charge in [-0.2, -0.15) is 0 Å². The lowest BCUT2D eigenvalue weighted by Crippen LogP contribution is -2.13. The Balaban J connectivity index is 2.17. The molecule has 3 heteroatoms. The quantitative estimate of drug-likeness (QED) is 0.865. The van der Waals surface area contributed by atoms with Gasteiger partial charge in [-0.05, 0) is 30.5 Å². The van der Waals surface area contributed by atoms with Crippen molar-refractivity contribution in [3.63, 3.8) is 0 Å². The van der Waals surface area contributed by atoms with Crippen LogP contribution in [0.1, 0.15) is 24.1 Å². The van der Waals surface area contributed by atoms with Crippen LogP contribution in [0.5, 0.6) is 11.5 Å². The second kappa shape index (κ2) is 6.25. The van der Waals surface area contributed by atoms with Crippen LogP contribution in [0.25, 0.3) is 0 Å². The van der Waals surface area contributed by atoms with Gasteiger partial charge in [0.15, 0.2) is 11.5 Å². The highest BCUT2D eigenvalue weighted by Crippen LogP contribution is 2.32. The van der Waals surface area contributed by atoms with Crippen LogP contribution in [0, 0.1) is 0 Å². The van der Waals surface area contributed by atoms with E-state index in [-0.39, 0.29) is 11.8 Å². The summed E-state index contributed by atoms with van der Waals surface area (Å²) < 4.78 is 5.37. The number of benzene rings is 2. The summed E-state index contributed by atoms with van der Waals surface area (Å²) in [5.41, 5.74) is 8.03. The predicted octanol–water partition coefficient (Wildman–Crippen LogP) is 3.03. The maximum absolute atomic E-state index is 10.1. The molecule has 19 heavy (non-hydrogen) atoms. The Hall–Kier alpha value is -2.00. The van der Waals surface area contributed by atoms with Crippen LogP contribution < -0.4 is 10.5 Å². The third kappa shape index (κ3) is 3.26. The molecule has 0 saturated carbocycles. The van der Waals surface area contributed by atoms with Crippen LogP contribution in [-0.2, 0) is 6.42 Å². The van der Waals surface area contributed by atoms with Crippen molar-refractivity contribution in [1.82, 2.24) is 0 Å². The van der Waals surface area contributed by atoms with Crippen molar-refractivity contribution in [1.29, 1.82) is 0 Å². The smallest absolute Gasteiger partial charge is 0.161 e. The Morgan fingerprint density at radius 3 is 2.53 bits per heavy atom. The molecular formula is C16H19NO2. The summed E-state index contributed by atoms with van der Waals surface area (Å²) in [5.74, 6) is 0.705. The third-order valence-corrected chi connectivity index (χ3v) is 3.05. The minimum absolute atomic E-state index is 0.135. The molecular weight excluding hydrogens is 238 g/mol. The van der Waals surface area contributed by atoms with E-state index in [9.17, 15) is 5.11 Å². The average Bonchev–Trinajstić information content (AvgIpc) is 2.44. The molecule has 0 aromatic heterocycles. The number of hydrogen-bond donors (Lipinski definition) is 2. The Morgan fingerprint density at radius 1 is 1.11 bits per heavy atom. The molecule has 3 nitrogen and oxygen atoms in total. The van der Waals surface area contributed by atoms with Gasteiger partial charge < -0.3 is 15.6 Å². The molecule has 0 heterocycles. The normalized spacial score (nSPS) is 12.1. The predicted molar refractivity (Wildman–Crippen MR) is 76.4 cm³/mol. The highest BCUT2D eigenvalue weighted by atomic mass is 16.5. The number of phenolic OH excluding ortho intramolecular Hbond substituents is 1. The van der Waals surface area contributed by atoms with E-state index >= 15 is 0 Å². The molecule has 0 aliphatic carbocycles. The molecule has 100 valence electrons. The van der Waals surface area contributed by atoms with Gasteiger partial charge in [0.25, 0.3) is 0 Å². The van der Waals surface area contributed by atoms with Crippen molar-refractivity contribution in [2.45, 2.75) is 19.4 Å². The maximum atomic E-state index is 10.1. The molecule has 0 aliphatic rings. The number of phenols is 1. The molecule has 0 bridgehead atoms. The number of nitrogens with two attached hydrogens (primary N) is 1. The van der Waals surface area contributed by atoms with E-state index in [4.69, 9.17) is 10.5 Å². The average molecular weight is 257 g/mol. The molecule has 1 unspecified atom stereocenters. The van der Waals surface area contributed by atoms with E-state index in [0.717, 1.165) is 11.1 Å². The van der Waals surface area contributed by atoms with E-state index in [2.05, 4.69) is 0 Å². The first-order chi connectivity index (χ1) is 9.22. The first kappa shape index (κ1) is 13.4. The van der Waals surface area contributed by atoms with Crippen molar-refractivity contribution in [3.05, 3.63) is 59.7 Å². The van der Waals surface area contributed by atoms with E-state index in [1.807, 2.05) is 49.4 Å². The van der Waals surface area contributed by atoms with Gasteiger partial charge >= 0.3 is 0 Å². The highest BCUT2D eigenvalue weighted by Gasteiger charge is 2.12. The third-order valence-electron chi connectivity index (χ3n) is 3.05. The van der Waals surface area contributed by atoms with Gasteiger partial charge in [0.05, 0.1) is 6.61 Å². The van der Waals surface area contributed by atoms with Gasteiger partial charge in [0, 0.05) is 6.04 Å². The van der Waals surface area contributed by atoms with E-state index in [0.29, 0.717) is 18.8 Å². The summed E-state index contributed by atoms with van der Waals surface area (Å²) in [5, 5.41) is 10.1. The lowest BCUT2D eigenvalue weighted by atomic mass is 9.99. The summed E-state index contributed by atoms with van der Waals surface area (Å²) in [6, 6.07) is 15.3. The highest BCUT2D eigenvalue weighted by molar-refractivity contribution is 5.46. The number of para-hydroxylation sites is 1. The zero-order valence-corrected chi connectivity index (χ0v) is 11.0. The fraction of sp³-hybridized carbons (Fsp3) is 0.250. The lowest BCUT2D eigenvalue weighted by molar-refractivity contribution is 0.316. The molecule has 3 N–H and O–H groups in total. The number of rotatable bonds is 5. The van der Waals surface area contributed by atoms with Crippen molar-refractivity contribution in [2.75, 3.05) is 6.61 Å². The largest absolute Gasteiger partial charge is 0.504 e. The van der Waals surface area contributed by atoms with Gasteiger partial charge in [-0.25, -0.2) is 0 Å². The first-order valence-electron chi connectivity index (χ1n) is 6.46.